The summed E-state index contributed by atoms with van der Waals surface area (Å²) in [6, 6.07) is 2.45. The maximum absolute atomic E-state index is 5.36. The second kappa shape index (κ2) is 11.5. The summed E-state index contributed by atoms with van der Waals surface area (Å²) in [7, 11) is 0. The molecule has 0 amide bonds. The van der Waals surface area contributed by atoms with Gasteiger partial charge in [-0.2, -0.15) is 0 Å². The van der Waals surface area contributed by atoms with E-state index in [-0.39, 0.29) is 24.0 Å². The average Bonchev–Trinajstić information content (AvgIpc) is 3.04. The van der Waals surface area contributed by atoms with Crippen LogP contribution in [0.2, 0.25) is 0 Å². The first-order valence-corrected chi connectivity index (χ1v) is 8.96. The number of hydrogen-bond acceptors (Lipinski definition) is 4. The number of aromatic nitrogens is 1. The lowest BCUT2D eigenvalue weighted by molar-refractivity contribution is 0.225. The molecule has 1 aromatic heterocycles. The molecule has 0 aromatic carbocycles. The van der Waals surface area contributed by atoms with Crippen LogP contribution in [0.25, 0.3) is 0 Å². The number of hydrogen-bond donors (Lipinski definition) is 2. The third-order valence-electron chi connectivity index (χ3n) is 4.22. The van der Waals surface area contributed by atoms with Crippen LogP contribution in [-0.2, 0) is 6.54 Å². The maximum Gasteiger partial charge on any atom is 0.191 e. The molecule has 1 aliphatic heterocycles. The van der Waals surface area contributed by atoms with Crippen LogP contribution in [0.1, 0.15) is 51.0 Å². The van der Waals surface area contributed by atoms with Gasteiger partial charge in [-0.15, -0.1) is 30.6 Å². The fourth-order valence-electron chi connectivity index (χ4n) is 2.79. The molecule has 25 heavy (non-hydrogen) atoms. The Labute approximate surface area is 168 Å². The van der Waals surface area contributed by atoms with Gasteiger partial charge in [-0.3, -0.25) is 4.90 Å². The minimum absolute atomic E-state index is 0. The highest BCUT2D eigenvalue weighted by Gasteiger charge is 2.19. The smallest absolute Gasteiger partial charge is 0.191 e. The van der Waals surface area contributed by atoms with E-state index in [4.69, 9.17) is 4.52 Å². The Morgan fingerprint density at radius 3 is 2.76 bits per heavy atom. The monoisotopic (exact) mass is 461 g/mol. The van der Waals surface area contributed by atoms with E-state index in [2.05, 4.69) is 53.0 Å². The number of nitrogens with one attached hydrogen (secondary N) is 2. The van der Waals surface area contributed by atoms with Gasteiger partial charge in [0.2, 0.25) is 0 Å². The van der Waals surface area contributed by atoms with Crippen molar-refractivity contribution >= 4 is 29.9 Å². The number of rotatable bonds is 7. The van der Waals surface area contributed by atoms with Crippen LogP contribution in [0.3, 0.4) is 0 Å². The molecule has 6 nitrogen and oxygen atoms in total. The van der Waals surface area contributed by atoms with Gasteiger partial charge in [0.25, 0.3) is 0 Å². The minimum Gasteiger partial charge on any atom is -0.359 e. The minimum atomic E-state index is 0. The molecule has 0 aliphatic carbocycles. The van der Waals surface area contributed by atoms with E-state index in [0.29, 0.717) is 18.5 Å². The zero-order valence-corrected chi connectivity index (χ0v) is 18.0. The second-order valence-electron chi connectivity index (χ2n) is 6.58. The van der Waals surface area contributed by atoms with Crippen molar-refractivity contribution in [1.29, 1.82) is 0 Å². The Morgan fingerprint density at radius 2 is 2.20 bits per heavy atom. The fraction of sp³-hybridized carbons (Fsp3) is 0.667. The summed E-state index contributed by atoms with van der Waals surface area (Å²) in [5, 5.41) is 10.9. The van der Waals surface area contributed by atoms with Gasteiger partial charge in [0.05, 0.1) is 5.69 Å². The lowest BCUT2D eigenvalue weighted by Crippen LogP contribution is -2.48. The van der Waals surface area contributed by atoms with Crippen molar-refractivity contribution in [2.24, 2.45) is 4.99 Å². The van der Waals surface area contributed by atoms with Crippen molar-refractivity contribution in [3.05, 3.63) is 30.2 Å². The Morgan fingerprint density at radius 1 is 1.48 bits per heavy atom. The highest BCUT2D eigenvalue weighted by Crippen LogP contribution is 2.14. The van der Waals surface area contributed by atoms with Crippen LogP contribution in [0, 0.1) is 0 Å². The summed E-state index contributed by atoms with van der Waals surface area (Å²) in [4.78, 5) is 7.06. The topological polar surface area (TPSA) is 65.7 Å². The van der Waals surface area contributed by atoms with E-state index < -0.39 is 0 Å². The van der Waals surface area contributed by atoms with Gasteiger partial charge in [-0.05, 0) is 25.7 Å². The molecular formula is C18H32IN5O. The zero-order valence-electron chi connectivity index (χ0n) is 15.6. The standard InChI is InChI=1S/C18H31N5O.HI/c1-5-9-23-10-7-15(8-11-23)21-18(19-6-2)20-13-16-12-17(14(3)4)22-24-16;/h5,12,14-15H,1,6-11,13H2,2-4H3,(H2,19,20,21);1H. The molecule has 0 saturated carbocycles. The molecule has 1 aromatic rings. The van der Waals surface area contributed by atoms with Gasteiger partial charge >= 0.3 is 0 Å². The predicted molar refractivity (Wildman–Crippen MR) is 114 cm³/mol. The molecule has 142 valence electrons. The molecule has 2 N–H and O–H groups in total. The summed E-state index contributed by atoms with van der Waals surface area (Å²) in [5.41, 5.74) is 0.979. The van der Waals surface area contributed by atoms with Crippen LogP contribution in [0.15, 0.2) is 28.2 Å². The summed E-state index contributed by atoms with van der Waals surface area (Å²) in [6.07, 6.45) is 4.22. The predicted octanol–water partition coefficient (Wildman–Crippen LogP) is 3.12. The van der Waals surface area contributed by atoms with Gasteiger partial charge in [0, 0.05) is 38.3 Å². The average molecular weight is 461 g/mol. The van der Waals surface area contributed by atoms with Crippen LogP contribution in [0.5, 0.6) is 0 Å². The van der Waals surface area contributed by atoms with Crippen molar-refractivity contribution in [2.45, 2.75) is 52.1 Å². The first kappa shape index (κ1) is 22.0. The third kappa shape index (κ3) is 7.35. The Kier molecular flexibility index (Phi) is 10.1. The van der Waals surface area contributed by atoms with E-state index >= 15 is 0 Å². The van der Waals surface area contributed by atoms with E-state index in [0.717, 1.165) is 56.4 Å². The molecule has 1 aliphatic rings. The Balaban J connectivity index is 0.00000312. The Bertz CT molecular complexity index is 535. The van der Waals surface area contributed by atoms with E-state index in [1.165, 1.54) is 0 Å². The quantitative estimate of drug-likeness (QED) is 0.283. The summed E-state index contributed by atoms with van der Waals surface area (Å²) in [6.45, 7) is 14.6. The lowest BCUT2D eigenvalue weighted by atomic mass is 10.1. The fourth-order valence-corrected chi connectivity index (χ4v) is 2.79. The van der Waals surface area contributed by atoms with Crippen molar-refractivity contribution < 1.29 is 4.52 Å². The van der Waals surface area contributed by atoms with E-state index in [9.17, 15) is 0 Å². The normalized spacial score (nSPS) is 16.6. The van der Waals surface area contributed by atoms with Gasteiger partial charge < -0.3 is 15.2 Å². The number of guanidine groups is 1. The van der Waals surface area contributed by atoms with E-state index in [1.807, 2.05) is 12.1 Å². The molecule has 2 rings (SSSR count). The molecular weight excluding hydrogens is 429 g/mol. The molecule has 1 saturated heterocycles. The molecule has 0 spiro atoms. The van der Waals surface area contributed by atoms with Crippen molar-refractivity contribution in [2.75, 3.05) is 26.2 Å². The summed E-state index contributed by atoms with van der Waals surface area (Å²) >= 11 is 0. The number of nitrogens with zero attached hydrogens (tertiary/aromatic N) is 3. The molecule has 0 atom stereocenters. The van der Waals surface area contributed by atoms with E-state index in [1.54, 1.807) is 0 Å². The van der Waals surface area contributed by atoms with Crippen LogP contribution in [-0.4, -0.2) is 48.2 Å². The number of aliphatic imine (C=N–C) groups is 1. The first-order chi connectivity index (χ1) is 11.6. The molecule has 2 heterocycles. The van der Waals surface area contributed by atoms with Crippen molar-refractivity contribution in [3.63, 3.8) is 0 Å². The number of halogens is 1. The third-order valence-corrected chi connectivity index (χ3v) is 4.22. The molecule has 0 bridgehead atoms. The van der Waals surface area contributed by atoms with Crippen LogP contribution >= 0.6 is 24.0 Å². The van der Waals surface area contributed by atoms with Gasteiger partial charge in [0.15, 0.2) is 11.7 Å². The molecule has 1 fully saturated rings. The van der Waals surface area contributed by atoms with Gasteiger partial charge in [-0.1, -0.05) is 25.1 Å². The highest BCUT2D eigenvalue weighted by molar-refractivity contribution is 14.0. The molecule has 0 radical (unpaired) electrons. The highest BCUT2D eigenvalue weighted by atomic mass is 127. The number of piperidine rings is 1. The SMILES string of the molecule is C=CCN1CCC(NC(=NCc2cc(C(C)C)no2)NCC)CC1.I. The van der Waals surface area contributed by atoms with Crippen molar-refractivity contribution in [3.8, 4) is 0 Å². The molecule has 7 heteroatoms. The lowest BCUT2D eigenvalue weighted by Gasteiger charge is -2.32. The van der Waals surface area contributed by atoms with Gasteiger partial charge in [0.1, 0.15) is 6.54 Å². The van der Waals surface area contributed by atoms with Crippen LogP contribution in [0.4, 0.5) is 0 Å². The first-order valence-electron chi connectivity index (χ1n) is 8.96. The van der Waals surface area contributed by atoms with Crippen molar-refractivity contribution in [1.82, 2.24) is 20.7 Å². The summed E-state index contributed by atoms with van der Waals surface area (Å²) in [5.74, 6) is 2.03. The van der Waals surface area contributed by atoms with Crippen LogP contribution < -0.4 is 10.6 Å². The number of likely N-dealkylation sites (tertiary alicyclic amines) is 1. The molecule has 0 unspecified atom stereocenters. The Hall–Kier alpha value is -1.09. The van der Waals surface area contributed by atoms with Gasteiger partial charge in [-0.25, -0.2) is 4.99 Å². The zero-order chi connectivity index (χ0) is 17.4. The summed E-state index contributed by atoms with van der Waals surface area (Å²) < 4.78 is 5.36. The maximum atomic E-state index is 5.36. The largest absolute Gasteiger partial charge is 0.359 e. The second-order valence-corrected chi connectivity index (χ2v) is 6.58.